The number of carbonyl (C=O) groups is 3. The zero-order chi connectivity index (χ0) is 17.5. The van der Waals surface area contributed by atoms with Crippen LogP contribution in [0.4, 0.5) is 16.2 Å². The number of carbonyl (C=O) groups excluding carboxylic acids is 3. The molecule has 1 atom stereocenters. The molecular formula is C16H22N4O3S. The van der Waals surface area contributed by atoms with Crippen molar-refractivity contribution in [2.24, 2.45) is 5.73 Å². The third-order valence-electron chi connectivity index (χ3n) is 3.76. The average Bonchev–Trinajstić information content (AvgIpc) is 2.98. The van der Waals surface area contributed by atoms with Crippen LogP contribution in [0.2, 0.25) is 0 Å². The zero-order valence-electron chi connectivity index (χ0n) is 13.6. The smallest absolute Gasteiger partial charge is 0.312 e. The molecule has 1 aliphatic heterocycles. The molecule has 4 N–H and O–H groups in total. The summed E-state index contributed by atoms with van der Waals surface area (Å²) in [5.74, 6) is 0.538. The highest BCUT2D eigenvalue weighted by Crippen LogP contribution is 2.23. The third-order valence-corrected chi connectivity index (χ3v) is 4.41. The molecule has 24 heavy (non-hydrogen) atoms. The summed E-state index contributed by atoms with van der Waals surface area (Å²) in [4.78, 5) is 36.8. The van der Waals surface area contributed by atoms with E-state index in [0.717, 1.165) is 24.4 Å². The number of anilines is 2. The minimum atomic E-state index is -0.723. The predicted molar refractivity (Wildman–Crippen MR) is 96.2 cm³/mol. The minimum absolute atomic E-state index is 0.120. The number of nitrogens with zero attached hydrogens (tertiary/aromatic N) is 1. The maximum atomic E-state index is 12.3. The molecular weight excluding hydrogens is 328 g/mol. The van der Waals surface area contributed by atoms with E-state index in [9.17, 15) is 14.4 Å². The van der Waals surface area contributed by atoms with Gasteiger partial charge in [-0.3, -0.25) is 9.59 Å². The number of rotatable bonds is 7. The average molecular weight is 350 g/mol. The molecule has 1 aromatic rings. The summed E-state index contributed by atoms with van der Waals surface area (Å²) in [6.07, 6.45) is 3.87. The first-order valence-corrected chi connectivity index (χ1v) is 9.17. The summed E-state index contributed by atoms with van der Waals surface area (Å²) in [6.45, 7) is 0.726. The van der Waals surface area contributed by atoms with Crippen LogP contribution in [0, 0.1) is 0 Å². The van der Waals surface area contributed by atoms with Crippen LogP contribution < -0.4 is 21.3 Å². The number of amides is 4. The van der Waals surface area contributed by atoms with Gasteiger partial charge in [-0.25, -0.2) is 4.79 Å². The highest BCUT2D eigenvalue weighted by molar-refractivity contribution is 7.98. The largest absolute Gasteiger partial charge is 0.352 e. The molecule has 0 aliphatic carbocycles. The Morgan fingerprint density at radius 2 is 2.04 bits per heavy atom. The van der Waals surface area contributed by atoms with Gasteiger partial charge in [0.15, 0.2) is 0 Å². The second-order valence-electron chi connectivity index (χ2n) is 5.53. The number of nitrogens with two attached hydrogens (primary N) is 1. The molecule has 0 aromatic heterocycles. The van der Waals surface area contributed by atoms with Gasteiger partial charge in [-0.2, -0.15) is 11.8 Å². The van der Waals surface area contributed by atoms with E-state index < -0.39 is 12.1 Å². The predicted octanol–water partition coefficient (Wildman–Crippen LogP) is 1.54. The summed E-state index contributed by atoms with van der Waals surface area (Å²) in [5.41, 5.74) is 6.56. The van der Waals surface area contributed by atoms with Gasteiger partial charge in [0.1, 0.15) is 6.04 Å². The van der Waals surface area contributed by atoms with Gasteiger partial charge in [0.05, 0.1) is 0 Å². The zero-order valence-corrected chi connectivity index (χ0v) is 14.4. The van der Waals surface area contributed by atoms with Crippen molar-refractivity contribution in [1.29, 1.82) is 0 Å². The third kappa shape index (κ3) is 4.89. The first-order valence-electron chi connectivity index (χ1n) is 7.77. The summed E-state index contributed by atoms with van der Waals surface area (Å²) < 4.78 is 0. The number of primary amides is 1. The molecule has 1 fully saturated rings. The number of hydrogen-bond donors (Lipinski definition) is 3. The quantitative estimate of drug-likeness (QED) is 0.694. The number of urea groups is 1. The molecule has 1 aromatic carbocycles. The summed E-state index contributed by atoms with van der Waals surface area (Å²) in [6, 6.07) is 5.70. The maximum absolute atomic E-state index is 12.3. The summed E-state index contributed by atoms with van der Waals surface area (Å²) >= 11 is 1.59. The number of nitrogens with one attached hydrogen (secondary N) is 2. The van der Waals surface area contributed by atoms with Crippen molar-refractivity contribution in [3.8, 4) is 0 Å². The Balaban J connectivity index is 1.99. The van der Waals surface area contributed by atoms with Gasteiger partial charge in [0, 0.05) is 24.3 Å². The van der Waals surface area contributed by atoms with Crippen LogP contribution in [0.3, 0.4) is 0 Å². The Labute approximate surface area is 145 Å². The fourth-order valence-electron chi connectivity index (χ4n) is 2.55. The molecule has 7 nitrogen and oxygen atoms in total. The Bertz CT molecular complexity index is 606. The van der Waals surface area contributed by atoms with Gasteiger partial charge in [0.2, 0.25) is 11.8 Å². The second kappa shape index (κ2) is 8.58. The van der Waals surface area contributed by atoms with Crippen molar-refractivity contribution in [2.45, 2.75) is 25.3 Å². The number of hydrogen-bond acceptors (Lipinski definition) is 4. The monoisotopic (exact) mass is 350 g/mol. The highest BCUT2D eigenvalue weighted by atomic mass is 32.2. The minimum Gasteiger partial charge on any atom is -0.352 e. The van der Waals surface area contributed by atoms with E-state index >= 15 is 0 Å². The number of thioether (sulfide) groups is 1. The summed E-state index contributed by atoms with van der Waals surface area (Å²) in [5, 5.41) is 5.22. The lowest BCUT2D eigenvalue weighted by Crippen LogP contribution is -2.46. The van der Waals surface area contributed by atoms with Crippen molar-refractivity contribution in [3.05, 3.63) is 24.3 Å². The van der Waals surface area contributed by atoms with E-state index in [1.807, 2.05) is 6.26 Å². The molecule has 0 spiro atoms. The van der Waals surface area contributed by atoms with Gasteiger partial charge in [-0.05, 0) is 49.1 Å². The lowest BCUT2D eigenvalue weighted by atomic mass is 10.2. The van der Waals surface area contributed by atoms with Crippen LogP contribution in [0.25, 0.3) is 0 Å². The SMILES string of the molecule is CSCC[C@H](NC(N)=O)C(=O)Nc1ccc(N2CCCC2=O)cc1. The van der Waals surface area contributed by atoms with E-state index in [-0.39, 0.29) is 11.8 Å². The molecule has 0 bridgehead atoms. The molecule has 2 rings (SSSR count). The van der Waals surface area contributed by atoms with Crippen molar-refractivity contribution in [2.75, 3.05) is 28.8 Å². The lowest BCUT2D eigenvalue weighted by molar-refractivity contribution is -0.118. The fraction of sp³-hybridized carbons (Fsp3) is 0.438. The van der Waals surface area contributed by atoms with E-state index in [4.69, 9.17) is 5.73 Å². The highest BCUT2D eigenvalue weighted by Gasteiger charge is 2.22. The number of benzene rings is 1. The van der Waals surface area contributed by atoms with Crippen LogP contribution in [-0.2, 0) is 9.59 Å². The lowest BCUT2D eigenvalue weighted by Gasteiger charge is -2.18. The van der Waals surface area contributed by atoms with E-state index in [1.165, 1.54) is 0 Å². The molecule has 1 saturated heterocycles. The van der Waals surface area contributed by atoms with Gasteiger partial charge < -0.3 is 21.3 Å². The van der Waals surface area contributed by atoms with E-state index in [1.54, 1.807) is 40.9 Å². The Morgan fingerprint density at radius 3 is 2.58 bits per heavy atom. The Morgan fingerprint density at radius 1 is 1.33 bits per heavy atom. The van der Waals surface area contributed by atoms with E-state index in [2.05, 4.69) is 10.6 Å². The van der Waals surface area contributed by atoms with Gasteiger partial charge >= 0.3 is 6.03 Å². The molecule has 0 radical (unpaired) electrons. The summed E-state index contributed by atoms with van der Waals surface area (Å²) in [7, 11) is 0. The van der Waals surface area contributed by atoms with Crippen LogP contribution in [0.1, 0.15) is 19.3 Å². The Kier molecular flexibility index (Phi) is 6.48. The normalized spacial score (nSPS) is 15.2. The molecule has 4 amide bonds. The standard InChI is InChI=1S/C16H22N4O3S/c1-24-10-8-13(19-16(17)23)15(22)18-11-4-6-12(7-5-11)20-9-2-3-14(20)21/h4-7,13H,2-3,8-10H2,1H3,(H,18,22)(H3,17,19,23)/t13-/m0/s1. The first kappa shape index (κ1) is 18.1. The van der Waals surface area contributed by atoms with Crippen molar-refractivity contribution in [1.82, 2.24) is 5.32 Å². The van der Waals surface area contributed by atoms with Crippen molar-refractivity contribution >= 4 is 41.0 Å². The van der Waals surface area contributed by atoms with Crippen LogP contribution in [-0.4, -0.2) is 42.4 Å². The molecule has 0 saturated carbocycles. The Hall–Kier alpha value is -2.22. The van der Waals surface area contributed by atoms with Crippen molar-refractivity contribution < 1.29 is 14.4 Å². The fourth-order valence-corrected chi connectivity index (χ4v) is 3.02. The topological polar surface area (TPSA) is 105 Å². The molecule has 1 heterocycles. The molecule has 0 unspecified atom stereocenters. The molecule has 130 valence electrons. The molecule has 1 aliphatic rings. The maximum Gasteiger partial charge on any atom is 0.312 e. The van der Waals surface area contributed by atoms with Gasteiger partial charge in [0.25, 0.3) is 0 Å². The van der Waals surface area contributed by atoms with Crippen LogP contribution in [0.5, 0.6) is 0 Å². The van der Waals surface area contributed by atoms with Crippen molar-refractivity contribution in [3.63, 3.8) is 0 Å². The van der Waals surface area contributed by atoms with Gasteiger partial charge in [-0.15, -0.1) is 0 Å². The van der Waals surface area contributed by atoms with Crippen LogP contribution in [0.15, 0.2) is 24.3 Å². The van der Waals surface area contributed by atoms with Gasteiger partial charge in [-0.1, -0.05) is 0 Å². The van der Waals surface area contributed by atoms with E-state index in [0.29, 0.717) is 18.5 Å². The first-order chi connectivity index (χ1) is 11.5. The van der Waals surface area contributed by atoms with Crippen LogP contribution >= 0.6 is 11.8 Å². The second-order valence-corrected chi connectivity index (χ2v) is 6.51. The molecule has 8 heteroatoms.